The van der Waals surface area contributed by atoms with Gasteiger partial charge in [-0.25, -0.2) is 9.78 Å². The molecule has 1 aromatic heterocycles. The van der Waals surface area contributed by atoms with Crippen LogP contribution in [0.15, 0.2) is 53.9 Å². The van der Waals surface area contributed by atoms with Crippen LogP contribution in [0.5, 0.6) is 0 Å². The molecule has 0 saturated heterocycles. The van der Waals surface area contributed by atoms with Gasteiger partial charge in [-0.1, -0.05) is 30.7 Å². The molecular formula is C19H17ClN4O2S. The fourth-order valence-electron chi connectivity index (χ4n) is 2.25. The van der Waals surface area contributed by atoms with Gasteiger partial charge in [-0.2, -0.15) is 0 Å². The van der Waals surface area contributed by atoms with Gasteiger partial charge in [0.2, 0.25) is 0 Å². The summed E-state index contributed by atoms with van der Waals surface area (Å²) in [4.78, 5) is 28.4. The third kappa shape index (κ3) is 5.29. The number of carbonyl (C=O) groups is 2. The predicted molar refractivity (Wildman–Crippen MR) is 110 cm³/mol. The molecule has 0 fully saturated rings. The van der Waals surface area contributed by atoms with Gasteiger partial charge in [0.15, 0.2) is 5.13 Å². The zero-order chi connectivity index (χ0) is 19.2. The Morgan fingerprint density at radius 3 is 2.26 bits per heavy atom. The van der Waals surface area contributed by atoms with Crippen LogP contribution in [0, 0.1) is 0 Å². The Hall–Kier alpha value is -2.90. The number of hydrogen-bond acceptors (Lipinski definition) is 4. The van der Waals surface area contributed by atoms with Crippen molar-refractivity contribution in [3.63, 3.8) is 0 Å². The summed E-state index contributed by atoms with van der Waals surface area (Å²) in [6.07, 6.45) is 0.938. The first-order valence-electron chi connectivity index (χ1n) is 8.23. The van der Waals surface area contributed by atoms with Crippen LogP contribution in [-0.4, -0.2) is 16.9 Å². The average Bonchev–Trinajstić information content (AvgIpc) is 3.13. The van der Waals surface area contributed by atoms with Crippen molar-refractivity contribution in [1.29, 1.82) is 0 Å². The third-order valence-electron chi connectivity index (χ3n) is 3.68. The number of aryl methyl sites for hydroxylation is 1. The first-order valence-corrected chi connectivity index (χ1v) is 9.48. The molecule has 3 rings (SSSR count). The molecule has 138 valence electrons. The van der Waals surface area contributed by atoms with Crippen LogP contribution < -0.4 is 16.0 Å². The van der Waals surface area contributed by atoms with E-state index in [4.69, 9.17) is 11.6 Å². The van der Waals surface area contributed by atoms with E-state index >= 15 is 0 Å². The minimum absolute atomic E-state index is 0.237. The molecule has 0 aliphatic carbocycles. The molecule has 0 saturated carbocycles. The van der Waals surface area contributed by atoms with E-state index in [0.29, 0.717) is 21.5 Å². The maximum absolute atomic E-state index is 12.3. The normalized spacial score (nSPS) is 10.3. The second-order valence-electron chi connectivity index (χ2n) is 5.63. The monoisotopic (exact) mass is 400 g/mol. The lowest BCUT2D eigenvalue weighted by atomic mass is 10.1. The number of aromatic nitrogens is 1. The summed E-state index contributed by atoms with van der Waals surface area (Å²) < 4.78 is 0. The molecule has 0 aliphatic heterocycles. The predicted octanol–water partition coefficient (Wildman–Crippen LogP) is 5.26. The van der Waals surface area contributed by atoms with E-state index in [-0.39, 0.29) is 11.6 Å². The topological polar surface area (TPSA) is 83.1 Å². The summed E-state index contributed by atoms with van der Waals surface area (Å²) in [6, 6.07) is 13.9. The van der Waals surface area contributed by atoms with E-state index in [2.05, 4.69) is 27.9 Å². The molecule has 3 amide bonds. The van der Waals surface area contributed by atoms with Gasteiger partial charge >= 0.3 is 6.03 Å². The number of thiazole rings is 1. The molecule has 6 nitrogen and oxygen atoms in total. The molecular weight excluding hydrogens is 384 g/mol. The van der Waals surface area contributed by atoms with Crippen LogP contribution in [0.3, 0.4) is 0 Å². The number of nitrogens with zero attached hydrogens (tertiary/aromatic N) is 1. The van der Waals surface area contributed by atoms with Crippen molar-refractivity contribution in [2.45, 2.75) is 13.3 Å². The zero-order valence-electron chi connectivity index (χ0n) is 14.5. The molecule has 8 heteroatoms. The van der Waals surface area contributed by atoms with Crippen LogP contribution in [0.25, 0.3) is 0 Å². The van der Waals surface area contributed by atoms with Gasteiger partial charge in [-0.05, 0) is 48.4 Å². The SMILES string of the molecule is CCc1ccc(NC(=O)c2csc(NC(=O)Nc3ccc(Cl)cc3)n2)cc1. The summed E-state index contributed by atoms with van der Waals surface area (Å²) in [5.41, 5.74) is 2.73. The number of rotatable bonds is 5. The summed E-state index contributed by atoms with van der Waals surface area (Å²) >= 11 is 6.98. The Labute approximate surface area is 165 Å². The number of amides is 3. The highest BCUT2D eigenvalue weighted by molar-refractivity contribution is 7.14. The zero-order valence-corrected chi connectivity index (χ0v) is 16.0. The number of nitrogens with one attached hydrogen (secondary N) is 3. The second-order valence-corrected chi connectivity index (χ2v) is 6.92. The lowest BCUT2D eigenvalue weighted by molar-refractivity contribution is 0.102. The first kappa shape index (κ1) is 18.9. The molecule has 2 aromatic carbocycles. The third-order valence-corrected chi connectivity index (χ3v) is 4.69. The largest absolute Gasteiger partial charge is 0.325 e. The maximum Gasteiger partial charge on any atom is 0.325 e. The van der Waals surface area contributed by atoms with E-state index in [9.17, 15) is 9.59 Å². The molecule has 1 heterocycles. The Kier molecular flexibility index (Phi) is 6.05. The maximum atomic E-state index is 12.3. The molecule has 3 N–H and O–H groups in total. The van der Waals surface area contributed by atoms with E-state index < -0.39 is 6.03 Å². The minimum atomic E-state index is -0.450. The van der Waals surface area contributed by atoms with Crippen molar-refractivity contribution < 1.29 is 9.59 Å². The minimum Gasteiger partial charge on any atom is -0.321 e. The Morgan fingerprint density at radius 1 is 0.963 bits per heavy atom. The summed E-state index contributed by atoms with van der Waals surface area (Å²) in [7, 11) is 0. The Bertz CT molecular complexity index is 939. The van der Waals surface area contributed by atoms with Gasteiger partial charge < -0.3 is 10.6 Å². The summed E-state index contributed by atoms with van der Waals surface area (Å²) in [5.74, 6) is -0.332. The van der Waals surface area contributed by atoms with E-state index in [1.165, 1.54) is 16.9 Å². The molecule has 0 radical (unpaired) electrons. The fraction of sp³-hybridized carbons (Fsp3) is 0.105. The van der Waals surface area contributed by atoms with Crippen LogP contribution in [0.2, 0.25) is 5.02 Å². The van der Waals surface area contributed by atoms with Crippen LogP contribution in [0.4, 0.5) is 21.3 Å². The Morgan fingerprint density at radius 2 is 1.59 bits per heavy atom. The van der Waals surface area contributed by atoms with Crippen molar-refractivity contribution in [1.82, 2.24) is 4.98 Å². The van der Waals surface area contributed by atoms with Gasteiger partial charge in [0.1, 0.15) is 5.69 Å². The number of carbonyl (C=O) groups excluding carboxylic acids is 2. The highest BCUT2D eigenvalue weighted by Gasteiger charge is 2.13. The Balaban J connectivity index is 1.57. The molecule has 0 aliphatic rings. The number of anilines is 3. The van der Waals surface area contributed by atoms with Gasteiger partial charge in [0, 0.05) is 21.8 Å². The van der Waals surface area contributed by atoms with Gasteiger partial charge in [0.05, 0.1) is 0 Å². The standard InChI is InChI=1S/C19H17ClN4O2S/c1-2-12-3-7-14(8-4-12)21-17(25)16-11-27-19(23-16)24-18(26)22-15-9-5-13(20)6-10-15/h3-11H,2H2,1H3,(H,21,25)(H2,22,23,24,26). The van der Waals surface area contributed by atoms with Gasteiger partial charge in [-0.15, -0.1) is 11.3 Å². The highest BCUT2D eigenvalue weighted by atomic mass is 35.5. The van der Waals surface area contributed by atoms with Crippen molar-refractivity contribution in [3.05, 3.63) is 70.2 Å². The van der Waals surface area contributed by atoms with E-state index in [1.54, 1.807) is 29.6 Å². The van der Waals surface area contributed by atoms with Crippen LogP contribution in [0.1, 0.15) is 23.0 Å². The highest BCUT2D eigenvalue weighted by Crippen LogP contribution is 2.18. The number of urea groups is 1. The quantitative estimate of drug-likeness (QED) is 0.546. The van der Waals surface area contributed by atoms with Crippen molar-refractivity contribution in [2.24, 2.45) is 0 Å². The molecule has 0 bridgehead atoms. The van der Waals surface area contributed by atoms with Gasteiger partial charge in [0.25, 0.3) is 5.91 Å². The average molecular weight is 401 g/mol. The molecule has 3 aromatic rings. The van der Waals surface area contributed by atoms with Crippen molar-refractivity contribution >= 4 is 51.4 Å². The lowest BCUT2D eigenvalue weighted by Gasteiger charge is -2.05. The molecule has 0 unspecified atom stereocenters. The molecule has 27 heavy (non-hydrogen) atoms. The molecule has 0 spiro atoms. The summed E-state index contributed by atoms with van der Waals surface area (Å²) in [6.45, 7) is 2.07. The lowest BCUT2D eigenvalue weighted by Crippen LogP contribution is -2.19. The number of benzene rings is 2. The smallest absolute Gasteiger partial charge is 0.321 e. The first-order chi connectivity index (χ1) is 13.0. The number of hydrogen-bond donors (Lipinski definition) is 3. The van der Waals surface area contributed by atoms with Gasteiger partial charge in [-0.3, -0.25) is 10.1 Å². The molecule has 0 atom stereocenters. The van der Waals surface area contributed by atoms with Crippen LogP contribution >= 0.6 is 22.9 Å². The van der Waals surface area contributed by atoms with E-state index in [1.807, 2.05) is 24.3 Å². The van der Waals surface area contributed by atoms with E-state index in [0.717, 1.165) is 6.42 Å². The fourth-order valence-corrected chi connectivity index (χ4v) is 3.06. The van der Waals surface area contributed by atoms with Crippen LogP contribution in [-0.2, 0) is 6.42 Å². The number of halogens is 1. The van der Waals surface area contributed by atoms with Crippen molar-refractivity contribution in [2.75, 3.05) is 16.0 Å². The summed E-state index contributed by atoms with van der Waals surface area (Å²) in [5, 5.41) is 10.6. The van der Waals surface area contributed by atoms with Crippen molar-refractivity contribution in [3.8, 4) is 0 Å². The second kappa shape index (κ2) is 8.66.